The lowest BCUT2D eigenvalue weighted by Gasteiger charge is -2.15. The van der Waals surface area contributed by atoms with Gasteiger partial charge >= 0.3 is 0 Å². The molecule has 23 heavy (non-hydrogen) atoms. The van der Waals surface area contributed by atoms with E-state index < -0.39 is 11.7 Å². The van der Waals surface area contributed by atoms with Gasteiger partial charge in [-0.1, -0.05) is 6.07 Å². The van der Waals surface area contributed by atoms with Gasteiger partial charge in [0.15, 0.2) is 0 Å². The van der Waals surface area contributed by atoms with Gasteiger partial charge in [-0.2, -0.15) is 0 Å². The highest BCUT2D eigenvalue weighted by atomic mass is 19.1. The van der Waals surface area contributed by atoms with Crippen LogP contribution in [0.5, 0.6) is 0 Å². The number of pyridine rings is 1. The molecule has 5 nitrogen and oxygen atoms in total. The Kier molecular flexibility index (Phi) is 4.14. The van der Waals surface area contributed by atoms with Crippen molar-refractivity contribution in [2.75, 3.05) is 29.6 Å². The maximum absolute atomic E-state index is 14.1. The minimum Gasteiger partial charge on any atom is -0.381 e. The van der Waals surface area contributed by atoms with Crippen molar-refractivity contribution in [1.82, 2.24) is 4.98 Å². The van der Waals surface area contributed by atoms with Crippen molar-refractivity contribution in [3.8, 4) is 0 Å². The third-order valence-corrected chi connectivity index (χ3v) is 3.68. The molecule has 6 heteroatoms. The molecule has 1 saturated carbocycles. The molecule has 1 aliphatic carbocycles. The number of hydrogen-bond donors (Lipinski definition) is 2. The first-order valence-corrected chi connectivity index (χ1v) is 7.54. The van der Waals surface area contributed by atoms with Crippen LogP contribution in [-0.2, 0) is 0 Å². The number of benzene rings is 1. The van der Waals surface area contributed by atoms with Crippen molar-refractivity contribution in [2.24, 2.45) is 0 Å². The molecule has 1 aromatic carbocycles. The molecule has 0 radical (unpaired) electrons. The molecule has 1 fully saturated rings. The Labute approximate surface area is 134 Å². The van der Waals surface area contributed by atoms with E-state index >= 15 is 0 Å². The van der Waals surface area contributed by atoms with E-state index in [9.17, 15) is 9.18 Å². The van der Waals surface area contributed by atoms with Crippen LogP contribution in [0, 0.1) is 5.82 Å². The van der Waals surface area contributed by atoms with Crippen LogP contribution in [0.4, 0.5) is 21.5 Å². The normalized spacial score (nSPS) is 13.5. The van der Waals surface area contributed by atoms with Gasteiger partial charge in [0.25, 0.3) is 5.91 Å². The summed E-state index contributed by atoms with van der Waals surface area (Å²) in [6.45, 7) is 0. The van der Waals surface area contributed by atoms with Crippen molar-refractivity contribution >= 4 is 23.0 Å². The summed E-state index contributed by atoms with van der Waals surface area (Å²) < 4.78 is 14.1. The molecule has 1 amide bonds. The zero-order valence-electron chi connectivity index (χ0n) is 13.1. The largest absolute Gasteiger partial charge is 0.381 e. The number of halogens is 1. The lowest BCUT2D eigenvalue weighted by atomic mass is 10.2. The summed E-state index contributed by atoms with van der Waals surface area (Å²) in [5, 5.41) is 5.87. The predicted octanol–water partition coefficient (Wildman–Crippen LogP) is 3.11. The quantitative estimate of drug-likeness (QED) is 0.890. The van der Waals surface area contributed by atoms with Gasteiger partial charge in [0.05, 0.1) is 5.69 Å². The monoisotopic (exact) mass is 314 g/mol. The summed E-state index contributed by atoms with van der Waals surface area (Å²) in [6, 6.07) is 8.56. The number of aromatic nitrogens is 1. The molecule has 3 rings (SSSR count). The number of amides is 1. The molecule has 1 aromatic heterocycles. The highest BCUT2D eigenvalue weighted by Crippen LogP contribution is 2.31. The maximum atomic E-state index is 14.1. The molecule has 0 unspecified atom stereocenters. The third kappa shape index (κ3) is 3.59. The average molecular weight is 314 g/mol. The smallest absolute Gasteiger partial charge is 0.274 e. The number of carbonyl (C=O) groups is 1. The Morgan fingerprint density at radius 3 is 2.78 bits per heavy atom. The fourth-order valence-electron chi connectivity index (χ4n) is 2.22. The molecular formula is C17H19FN4O. The van der Waals surface area contributed by atoms with Gasteiger partial charge in [-0.05, 0) is 37.1 Å². The molecule has 1 heterocycles. The summed E-state index contributed by atoms with van der Waals surface area (Å²) in [4.78, 5) is 18.4. The van der Waals surface area contributed by atoms with Gasteiger partial charge in [-0.15, -0.1) is 0 Å². The maximum Gasteiger partial charge on any atom is 0.274 e. The van der Waals surface area contributed by atoms with E-state index in [1.165, 1.54) is 6.07 Å². The van der Waals surface area contributed by atoms with Crippen LogP contribution in [0.3, 0.4) is 0 Å². The molecule has 0 atom stereocenters. The third-order valence-electron chi connectivity index (χ3n) is 3.68. The fourth-order valence-corrected chi connectivity index (χ4v) is 2.22. The minimum absolute atomic E-state index is 0.168. The van der Waals surface area contributed by atoms with E-state index in [1.807, 2.05) is 19.0 Å². The van der Waals surface area contributed by atoms with E-state index in [4.69, 9.17) is 0 Å². The zero-order chi connectivity index (χ0) is 16.4. The summed E-state index contributed by atoms with van der Waals surface area (Å²) in [5.74, 6) is -0.898. The van der Waals surface area contributed by atoms with E-state index in [0.717, 1.165) is 18.5 Å². The topological polar surface area (TPSA) is 57.3 Å². The highest BCUT2D eigenvalue weighted by Gasteiger charge is 2.23. The molecule has 1 aliphatic rings. The fraction of sp³-hybridized carbons (Fsp3) is 0.294. The predicted molar refractivity (Wildman–Crippen MR) is 89.6 cm³/mol. The van der Waals surface area contributed by atoms with Crippen LogP contribution >= 0.6 is 0 Å². The first-order valence-electron chi connectivity index (χ1n) is 7.54. The van der Waals surface area contributed by atoms with Gasteiger partial charge in [0.1, 0.15) is 17.2 Å². The first kappa shape index (κ1) is 15.3. The molecule has 0 aliphatic heterocycles. The number of nitrogens with zero attached hydrogens (tertiary/aromatic N) is 2. The van der Waals surface area contributed by atoms with Crippen molar-refractivity contribution < 1.29 is 9.18 Å². The molecule has 0 saturated heterocycles. The van der Waals surface area contributed by atoms with Crippen LogP contribution in [0.1, 0.15) is 23.3 Å². The Balaban J connectivity index is 1.83. The number of nitrogens with one attached hydrogen (secondary N) is 2. The molecule has 2 aromatic rings. The number of para-hydroxylation sites is 1. The Morgan fingerprint density at radius 1 is 1.30 bits per heavy atom. The van der Waals surface area contributed by atoms with E-state index in [0.29, 0.717) is 11.7 Å². The van der Waals surface area contributed by atoms with Gasteiger partial charge in [-0.25, -0.2) is 4.39 Å². The Hall–Kier alpha value is -2.63. The van der Waals surface area contributed by atoms with Crippen molar-refractivity contribution in [1.29, 1.82) is 0 Å². The molecule has 2 N–H and O–H groups in total. The van der Waals surface area contributed by atoms with Gasteiger partial charge in [0.2, 0.25) is 0 Å². The van der Waals surface area contributed by atoms with Gasteiger partial charge < -0.3 is 15.5 Å². The van der Waals surface area contributed by atoms with Crippen molar-refractivity contribution in [3.05, 3.63) is 48.0 Å². The molecule has 120 valence electrons. The second-order valence-corrected chi connectivity index (χ2v) is 5.83. The Bertz CT molecular complexity index is 728. The summed E-state index contributed by atoms with van der Waals surface area (Å²) in [6.07, 6.45) is 3.70. The SMILES string of the molecule is CN(C)c1ccnc(C(=O)Nc2c(F)cccc2NC2CC2)c1. The molecule has 0 spiro atoms. The summed E-state index contributed by atoms with van der Waals surface area (Å²) in [5.41, 5.74) is 1.87. The number of anilines is 3. The minimum atomic E-state index is -0.465. The first-order chi connectivity index (χ1) is 11.0. The lowest BCUT2D eigenvalue weighted by Crippen LogP contribution is -2.18. The second-order valence-electron chi connectivity index (χ2n) is 5.83. The highest BCUT2D eigenvalue weighted by molar-refractivity contribution is 6.05. The van der Waals surface area contributed by atoms with E-state index in [2.05, 4.69) is 15.6 Å². The standard InChI is InChI=1S/C17H19FN4O/c1-22(2)12-8-9-19-15(10-12)17(23)21-16-13(18)4-3-5-14(16)20-11-6-7-11/h3-5,8-11,20H,6-7H2,1-2H3,(H,21,23). The van der Waals surface area contributed by atoms with Crippen molar-refractivity contribution in [3.63, 3.8) is 0 Å². The van der Waals surface area contributed by atoms with Crippen LogP contribution in [-0.4, -0.2) is 31.0 Å². The summed E-state index contributed by atoms with van der Waals surface area (Å²) >= 11 is 0. The zero-order valence-corrected chi connectivity index (χ0v) is 13.1. The number of carbonyl (C=O) groups excluding carboxylic acids is 1. The average Bonchev–Trinajstić information content (AvgIpc) is 3.34. The summed E-state index contributed by atoms with van der Waals surface area (Å²) in [7, 11) is 3.76. The molecular weight excluding hydrogens is 295 g/mol. The Morgan fingerprint density at radius 2 is 2.09 bits per heavy atom. The number of rotatable bonds is 5. The van der Waals surface area contributed by atoms with Crippen LogP contribution in [0.25, 0.3) is 0 Å². The van der Waals surface area contributed by atoms with Crippen LogP contribution in [0.15, 0.2) is 36.5 Å². The lowest BCUT2D eigenvalue weighted by molar-refractivity contribution is 0.102. The van der Waals surface area contributed by atoms with E-state index in [1.54, 1.807) is 30.5 Å². The van der Waals surface area contributed by atoms with Crippen LogP contribution in [0.2, 0.25) is 0 Å². The second kappa shape index (κ2) is 6.24. The van der Waals surface area contributed by atoms with Gasteiger partial charge in [0, 0.05) is 32.0 Å². The van der Waals surface area contributed by atoms with Crippen LogP contribution < -0.4 is 15.5 Å². The number of hydrogen-bond acceptors (Lipinski definition) is 4. The van der Waals surface area contributed by atoms with Gasteiger partial charge in [-0.3, -0.25) is 9.78 Å². The van der Waals surface area contributed by atoms with Crippen molar-refractivity contribution in [2.45, 2.75) is 18.9 Å². The van der Waals surface area contributed by atoms with E-state index in [-0.39, 0.29) is 11.4 Å². The molecule has 0 bridgehead atoms.